The first-order chi connectivity index (χ1) is 20.6. The number of oxazole rings is 1. The maximum Gasteiger partial charge on any atom is 0.411 e. The minimum absolute atomic E-state index is 0.118. The Morgan fingerprint density at radius 3 is 2.23 bits per heavy atom. The van der Waals surface area contributed by atoms with E-state index in [2.05, 4.69) is 4.98 Å². The second-order valence-electron chi connectivity index (χ2n) is 10.6. The number of aliphatic carboxylic acids is 1. The molecule has 0 aliphatic carbocycles. The zero-order chi connectivity index (χ0) is 30.7. The van der Waals surface area contributed by atoms with Gasteiger partial charge in [-0.3, -0.25) is 4.90 Å². The van der Waals surface area contributed by atoms with Crippen molar-refractivity contribution in [2.45, 2.75) is 52.3 Å². The summed E-state index contributed by atoms with van der Waals surface area (Å²) < 4.78 is 17.2. The van der Waals surface area contributed by atoms with Crippen LogP contribution in [-0.2, 0) is 28.9 Å². The van der Waals surface area contributed by atoms with Crippen molar-refractivity contribution in [2.24, 2.45) is 0 Å². The van der Waals surface area contributed by atoms with Gasteiger partial charge in [-0.05, 0) is 79.4 Å². The number of fused-ring (bicyclic) bond motifs is 1. The van der Waals surface area contributed by atoms with Crippen LogP contribution >= 0.6 is 0 Å². The van der Waals surface area contributed by atoms with Crippen LogP contribution < -0.4 is 4.74 Å². The second kappa shape index (κ2) is 12.4. The van der Waals surface area contributed by atoms with E-state index in [-0.39, 0.29) is 24.6 Å². The minimum Gasteiger partial charge on any atom is -0.493 e. The molecule has 2 heterocycles. The lowest BCUT2D eigenvalue weighted by Crippen LogP contribution is -2.49. The number of benzene rings is 3. The van der Waals surface area contributed by atoms with Crippen molar-refractivity contribution in [3.8, 4) is 28.3 Å². The van der Waals surface area contributed by atoms with Crippen molar-refractivity contribution in [2.75, 3.05) is 6.61 Å². The first kappa shape index (κ1) is 29.4. The number of aromatic carboxylic acids is 1. The topological polar surface area (TPSA) is 139 Å². The fourth-order valence-corrected chi connectivity index (χ4v) is 4.99. The summed E-state index contributed by atoms with van der Waals surface area (Å²) in [7, 11) is 0. The van der Waals surface area contributed by atoms with E-state index in [0.717, 1.165) is 33.5 Å². The molecule has 4 aromatic rings. The van der Waals surface area contributed by atoms with E-state index in [1.165, 1.54) is 4.90 Å². The van der Waals surface area contributed by atoms with Crippen molar-refractivity contribution in [1.82, 2.24) is 9.88 Å². The van der Waals surface area contributed by atoms with Gasteiger partial charge in [-0.25, -0.2) is 19.4 Å². The van der Waals surface area contributed by atoms with Crippen LogP contribution in [0.2, 0.25) is 0 Å². The minimum atomic E-state index is -1.07. The average molecular weight is 585 g/mol. The number of ether oxygens (including phenoxy) is 2. The summed E-state index contributed by atoms with van der Waals surface area (Å²) in [5, 5.41) is 18.8. The molecule has 0 saturated heterocycles. The van der Waals surface area contributed by atoms with E-state index < -0.39 is 24.1 Å². The number of aromatic nitrogens is 1. The lowest BCUT2D eigenvalue weighted by molar-refractivity contribution is -0.143. The Kier molecular flexibility index (Phi) is 8.47. The molecule has 0 spiro atoms. The van der Waals surface area contributed by atoms with E-state index >= 15 is 0 Å². The van der Waals surface area contributed by atoms with Crippen molar-refractivity contribution >= 4 is 18.0 Å². The molecule has 2 N–H and O–H groups in total. The highest BCUT2D eigenvalue weighted by Crippen LogP contribution is 2.29. The monoisotopic (exact) mass is 584 g/mol. The highest BCUT2D eigenvalue weighted by atomic mass is 16.6. The summed E-state index contributed by atoms with van der Waals surface area (Å²) in [5.41, 5.74) is 5.35. The molecule has 5 rings (SSSR count). The number of carbonyl (C=O) groups excluding carboxylic acids is 1. The van der Waals surface area contributed by atoms with Crippen molar-refractivity contribution in [1.29, 1.82) is 0 Å². The van der Waals surface area contributed by atoms with Crippen LogP contribution in [0.15, 0.2) is 71.1 Å². The third kappa shape index (κ3) is 6.69. The van der Waals surface area contributed by atoms with E-state index in [9.17, 15) is 19.5 Å². The number of rotatable bonds is 9. The molecule has 1 atom stereocenters. The smallest absolute Gasteiger partial charge is 0.411 e. The fraction of sp³-hybridized carbons (Fsp3) is 0.273. The Bertz CT molecular complexity index is 1640. The summed E-state index contributed by atoms with van der Waals surface area (Å²) in [5.74, 6) is -0.236. The van der Waals surface area contributed by atoms with Crippen molar-refractivity contribution in [3.05, 3.63) is 94.9 Å². The first-order valence-electron chi connectivity index (χ1n) is 13.9. The molecule has 1 amide bonds. The highest BCUT2D eigenvalue weighted by molar-refractivity contribution is 5.88. The summed E-state index contributed by atoms with van der Waals surface area (Å²) in [6.45, 7) is 5.76. The molecule has 1 aromatic heterocycles. The molecule has 10 nitrogen and oxygen atoms in total. The Morgan fingerprint density at radius 2 is 1.60 bits per heavy atom. The molecule has 0 radical (unpaired) electrons. The highest BCUT2D eigenvalue weighted by Gasteiger charge is 2.36. The average Bonchev–Trinajstić information content (AvgIpc) is 3.36. The van der Waals surface area contributed by atoms with Gasteiger partial charge in [-0.1, -0.05) is 30.3 Å². The van der Waals surface area contributed by atoms with Gasteiger partial charge < -0.3 is 24.1 Å². The Morgan fingerprint density at radius 1 is 0.953 bits per heavy atom. The normalized spacial score (nSPS) is 14.3. The van der Waals surface area contributed by atoms with Gasteiger partial charge in [-0.2, -0.15) is 0 Å². The van der Waals surface area contributed by atoms with Crippen LogP contribution in [0, 0.1) is 6.92 Å². The zero-order valence-electron chi connectivity index (χ0n) is 24.1. The number of aryl methyl sites for hydroxylation is 1. The van der Waals surface area contributed by atoms with E-state index in [1.807, 2.05) is 43.3 Å². The van der Waals surface area contributed by atoms with Gasteiger partial charge in [0.25, 0.3) is 0 Å². The van der Waals surface area contributed by atoms with Crippen LogP contribution in [0.1, 0.15) is 46.8 Å². The summed E-state index contributed by atoms with van der Waals surface area (Å²) in [4.78, 5) is 41.4. The standard InChI is InChI=1S/C33H32N2O8/c1-19(2)42-33(40)35-18-26-16-27(13-12-25(26)17-29(35)32(38)39)41-15-14-28-20(3)43-30(34-28)23-8-4-21(5-9-23)22-6-10-24(11-7-22)31(36)37/h4-13,16,19,29H,14-15,17-18H2,1-3H3,(H,36,37)(H,38,39). The maximum atomic E-state index is 12.6. The van der Waals surface area contributed by atoms with Gasteiger partial charge in [-0.15, -0.1) is 0 Å². The van der Waals surface area contributed by atoms with Gasteiger partial charge >= 0.3 is 18.0 Å². The number of carboxylic acids is 2. The van der Waals surface area contributed by atoms with Gasteiger partial charge in [0.2, 0.25) is 5.89 Å². The van der Waals surface area contributed by atoms with Gasteiger partial charge in [0.15, 0.2) is 0 Å². The molecule has 222 valence electrons. The third-order valence-electron chi connectivity index (χ3n) is 7.26. The van der Waals surface area contributed by atoms with Crippen LogP contribution in [0.4, 0.5) is 4.79 Å². The van der Waals surface area contributed by atoms with Crippen molar-refractivity contribution < 1.29 is 38.5 Å². The van der Waals surface area contributed by atoms with Gasteiger partial charge in [0, 0.05) is 18.4 Å². The van der Waals surface area contributed by atoms with Crippen LogP contribution in [-0.4, -0.2) is 56.9 Å². The summed E-state index contributed by atoms with van der Waals surface area (Å²) >= 11 is 0. The van der Waals surface area contributed by atoms with Crippen LogP contribution in [0.5, 0.6) is 5.75 Å². The summed E-state index contributed by atoms with van der Waals surface area (Å²) in [6, 6.07) is 18.9. The number of carbonyl (C=O) groups is 3. The van der Waals surface area contributed by atoms with E-state index in [1.54, 1.807) is 44.2 Å². The number of hydrogen-bond donors (Lipinski definition) is 2. The van der Waals surface area contributed by atoms with Gasteiger partial charge in [0.05, 0.1) is 30.5 Å². The molecule has 0 fully saturated rings. The number of hydrogen-bond acceptors (Lipinski definition) is 7. The SMILES string of the molecule is Cc1oc(-c2ccc(-c3ccc(C(=O)O)cc3)cc2)nc1CCOc1ccc2c(c1)CN(C(=O)OC(C)C)C(C(=O)O)C2. The Balaban J connectivity index is 1.22. The first-order valence-corrected chi connectivity index (χ1v) is 13.9. The molecule has 3 aromatic carbocycles. The maximum absolute atomic E-state index is 12.6. The van der Waals surface area contributed by atoms with E-state index in [0.29, 0.717) is 30.4 Å². The van der Waals surface area contributed by atoms with E-state index in [4.69, 9.17) is 19.0 Å². The van der Waals surface area contributed by atoms with Crippen LogP contribution in [0.25, 0.3) is 22.6 Å². The number of nitrogens with zero attached hydrogens (tertiary/aromatic N) is 2. The lowest BCUT2D eigenvalue weighted by Gasteiger charge is -2.34. The predicted octanol–water partition coefficient (Wildman–Crippen LogP) is 5.99. The molecule has 10 heteroatoms. The van der Waals surface area contributed by atoms with Crippen molar-refractivity contribution in [3.63, 3.8) is 0 Å². The largest absolute Gasteiger partial charge is 0.493 e. The molecule has 0 bridgehead atoms. The predicted molar refractivity (Wildman–Crippen MR) is 157 cm³/mol. The molecule has 0 saturated carbocycles. The number of amides is 1. The molecular formula is C33H32N2O8. The Labute approximate surface area is 248 Å². The molecule has 43 heavy (non-hydrogen) atoms. The molecule has 1 aliphatic heterocycles. The fourth-order valence-electron chi connectivity index (χ4n) is 4.99. The Hall–Kier alpha value is -5.12. The quantitative estimate of drug-likeness (QED) is 0.243. The zero-order valence-corrected chi connectivity index (χ0v) is 24.1. The lowest BCUT2D eigenvalue weighted by atomic mass is 9.94. The third-order valence-corrected chi connectivity index (χ3v) is 7.26. The summed E-state index contributed by atoms with van der Waals surface area (Å²) in [6.07, 6.45) is -0.311. The molecule has 1 aliphatic rings. The second-order valence-corrected chi connectivity index (χ2v) is 10.6. The number of carboxylic acid groups (broad SMARTS) is 2. The molecular weight excluding hydrogens is 552 g/mol. The molecule has 1 unspecified atom stereocenters. The van der Waals surface area contributed by atoms with Crippen LogP contribution in [0.3, 0.4) is 0 Å². The van der Waals surface area contributed by atoms with Gasteiger partial charge in [0.1, 0.15) is 17.6 Å².